The summed E-state index contributed by atoms with van der Waals surface area (Å²) in [5.74, 6) is 1.83. The Hall–Kier alpha value is -2.31. The molecular weight excluding hydrogens is 379 g/mol. The number of nitrogens with one attached hydrogen (secondary N) is 2. The van der Waals surface area contributed by atoms with Crippen molar-refractivity contribution >= 4 is 34.9 Å². The van der Waals surface area contributed by atoms with Gasteiger partial charge < -0.3 is 24.8 Å². The van der Waals surface area contributed by atoms with Crippen molar-refractivity contribution in [1.82, 2.24) is 5.32 Å². The van der Waals surface area contributed by atoms with Crippen LogP contribution in [-0.2, 0) is 6.42 Å². The van der Waals surface area contributed by atoms with Gasteiger partial charge >= 0.3 is 6.03 Å². The van der Waals surface area contributed by atoms with Crippen LogP contribution < -0.4 is 24.8 Å². The Balaban J connectivity index is 1.98. The minimum absolute atomic E-state index is 0.381. The zero-order chi connectivity index (χ0) is 19.1. The van der Waals surface area contributed by atoms with Crippen molar-refractivity contribution in [3.05, 3.63) is 45.9 Å². The molecule has 2 N–H and O–H groups in total. The molecule has 6 nitrogen and oxygen atoms in total. The lowest BCUT2D eigenvalue weighted by Crippen LogP contribution is -2.30. The molecule has 0 fully saturated rings. The number of anilines is 1. The van der Waals surface area contributed by atoms with E-state index in [1.54, 1.807) is 45.6 Å². The second-order valence-electron chi connectivity index (χ2n) is 5.27. The van der Waals surface area contributed by atoms with Crippen LogP contribution in [0.5, 0.6) is 17.2 Å². The molecule has 0 saturated carbocycles. The maximum atomic E-state index is 12.0. The number of methoxy groups -OCH3 is 3. The number of carbonyl (C=O) groups excluding carboxylic acids is 1. The fourth-order valence-corrected chi connectivity index (χ4v) is 2.70. The first-order valence-electron chi connectivity index (χ1n) is 7.77. The van der Waals surface area contributed by atoms with Gasteiger partial charge in [-0.25, -0.2) is 4.79 Å². The van der Waals surface area contributed by atoms with Crippen LogP contribution in [0.2, 0.25) is 10.0 Å². The lowest BCUT2D eigenvalue weighted by Gasteiger charge is -2.14. The summed E-state index contributed by atoms with van der Waals surface area (Å²) in [6, 6.07) is 8.05. The quantitative estimate of drug-likeness (QED) is 0.725. The molecule has 0 radical (unpaired) electrons. The Morgan fingerprint density at radius 1 is 0.962 bits per heavy atom. The molecule has 0 unspecified atom stereocenters. The number of hydrogen-bond donors (Lipinski definition) is 2. The predicted molar refractivity (Wildman–Crippen MR) is 103 cm³/mol. The molecule has 140 valence electrons. The van der Waals surface area contributed by atoms with Gasteiger partial charge in [-0.3, -0.25) is 0 Å². The molecule has 2 aromatic carbocycles. The molecule has 0 saturated heterocycles. The minimum Gasteiger partial charge on any atom is -0.496 e. The van der Waals surface area contributed by atoms with E-state index >= 15 is 0 Å². The van der Waals surface area contributed by atoms with E-state index in [9.17, 15) is 4.79 Å². The Labute approximate surface area is 162 Å². The third kappa shape index (κ3) is 5.09. The third-order valence-corrected chi connectivity index (χ3v) is 4.21. The highest BCUT2D eigenvalue weighted by atomic mass is 35.5. The molecule has 0 aliphatic heterocycles. The van der Waals surface area contributed by atoms with Gasteiger partial charge in [0, 0.05) is 17.6 Å². The number of halogens is 2. The highest BCUT2D eigenvalue weighted by Crippen LogP contribution is 2.34. The zero-order valence-electron chi connectivity index (χ0n) is 14.7. The van der Waals surface area contributed by atoms with Crippen LogP contribution in [-0.4, -0.2) is 33.9 Å². The van der Waals surface area contributed by atoms with Crippen LogP contribution in [0.1, 0.15) is 5.56 Å². The van der Waals surface area contributed by atoms with Gasteiger partial charge in [-0.05, 0) is 36.2 Å². The number of carbonyl (C=O) groups is 1. The van der Waals surface area contributed by atoms with Gasteiger partial charge in [0.25, 0.3) is 0 Å². The van der Waals surface area contributed by atoms with Crippen molar-refractivity contribution in [1.29, 1.82) is 0 Å². The first-order chi connectivity index (χ1) is 12.5. The monoisotopic (exact) mass is 398 g/mol. The van der Waals surface area contributed by atoms with E-state index in [2.05, 4.69) is 10.6 Å². The molecule has 26 heavy (non-hydrogen) atoms. The highest BCUT2D eigenvalue weighted by molar-refractivity contribution is 6.35. The molecule has 0 aliphatic carbocycles. The van der Waals surface area contributed by atoms with Gasteiger partial charge in [-0.2, -0.15) is 0 Å². The van der Waals surface area contributed by atoms with Gasteiger partial charge in [0.15, 0.2) is 11.5 Å². The van der Waals surface area contributed by atoms with E-state index in [1.165, 1.54) is 0 Å². The number of ether oxygens (including phenoxy) is 3. The van der Waals surface area contributed by atoms with Crippen molar-refractivity contribution < 1.29 is 19.0 Å². The fourth-order valence-electron chi connectivity index (χ4n) is 2.36. The van der Waals surface area contributed by atoms with E-state index in [1.807, 2.05) is 6.07 Å². The highest BCUT2D eigenvalue weighted by Gasteiger charge is 2.12. The number of benzene rings is 2. The molecule has 2 amide bonds. The molecule has 0 atom stereocenters. The second kappa shape index (κ2) is 9.40. The SMILES string of the molecule is COc1cc(OC)c(OC)cc1CCNC(=O)Nc1cc(Cl)ccc1Cl. The molecule has 0 aliphatic rings. The maximum Gasteiger partial charge on any atom is 0.319 e. The van der Waals surface area contributed by atoms with Gasteiger partial charge in [0.1, 0.15) is 5.75 Å². The summed E-state index contributed by atoms with van der Waals surface area (Å²) < 4.78 is 15.9. The van der Waals surface area contributed by atoms with Gasteiger partial charge in [-0.1, -0.05) is 23.2 Å². The van der Waals surface area contributed by atoms with E-state index in [0.717, 1.165) is 5.56 Å². The third-order valence-electron chi connectivity index (χ3n) is 3.64. The number of hydrogen-bond acceptors (Lipinski definition) is 4. The summed E-state index contributed by atoms with van der Waals surface area (Å²) in [6.45, 7) is 0.385. The van der Waals surface area contributed by atoms with Crippen molar-refractivity contribution in [2.45, 2.75) is 6.42 Å². The standard InChI is InChI=1S/C18H20Cl2N2O4/c1-24-15-10-17(26-3)16(25-2)8-11(15)6-7-21-18(23)22-14-9-12(19)4-5-13(14)20/h4-5,8-10H,6-7H2,1-3H3,(H2,21,22,23). The van der Waals surface area contributed by atoms with Crippen molar-refractivity contribution in [2.24, 2.45) is 0 Å². The summed E-state index contributed by atoms with van der Waals surface area (Å²) >= 11 is 11.9. The summed E-state index contributed by atoms with van der Waals surface area (Å²) in [4.78, 5) is 12.0. The fraction of sp³-hybridized carbons (Fsp3) is 0.278. The van der Waals surface area contributed by atoms with Gasteiger partial charge in [0.05, 0.1) is 32.0 Å². The number of rotatable bonds is 7. The van der Waals surface area contributed by atoms with Crippen LogP contribution in [0.25, 0.3) is 0 Å². The summed E-state index contributed by atoms with van der Waals surface area (Å²) in [5, 5.41) is 6.32. The van der Waals surface area contributed by atoms with Gasteiger partial charge in [0.2, 0.25) is 0 Å². The van der Waals surface area contributed by atoms with Crippen LogP contribution in [0.3, 0.4) is 0 Å². The van der Waals surface area contributed by atoms with Crippen LogP contribution in [0.4, 0.5) is 10.5 Å². The molecule has 0 bridgehead atoms. The number of amides is 2. The smallest absolute Gasteiger partial charge is 0.319 e. The first-order valence-corrected chi connectivity index (χ1v) is 8.52. The lowest BCUT2D eigenvalue weighted by molar-refractivity contribution is 0.252. The Morgan fingerprint density at radius 3 is 2.27 bits per heavy atom. The summed E-state index contributed by atoms with van der Waals surface area (Å²) in [6.07, 6.45) is 0.542. The Bertz CT molecular complexity index is 784. The molecule has 0 aromatic heterocycles. The number of urea groups is 1. The Morgan fingerprint density at radius 2 is 1.62 bits per heavy atom. The minimum atomic E-state index is -0.381. The van der Waals surface area contributed by atoms with Crippen molar-refractivity contribution in [3.63, 3.8) is 0 Å². The lowest BCUT2D eigenvalue weighted by atomic mass is 10.1. The molecule has 0 spiro atoms. The molecule has 0 heterocycles. The predicted octanol–water partition coefficient (Wildman–Crippen LogP) is 4.38. The van der Waals surface area contributed by atoms with E-state index in [4.69, 9.17) is 37.4 Å². The largest absolute Gasteiger partial charge is 0.496 e. The van der Waals surface area contributed by atoms with E-state index in [-0.39, 0.29) is 6.03 Å². The average Bonchev–Trinajstić information content (AvgIpc) is 2.64. The van der Waals surface area contributed by atoms with Crippen LogP contribution in [0, 0.1) is 0 Å². The first kappa shape index (κ1) is 20.0. The van der Waals surface area contributed by atoms with Gasteiger partial charge in [-0.15, -0.1) is 0 Å². The molecule has 2 aromatic rings. The average molecular weight is 399 g/mol. The second-order valence-corrected chi connectivity index (χ2v) is 6.12. The summed E-state index contributed by atoms with van der Waals surface area (Å²) in [7, 11) is 4.70. The topological polar surface area (TPSA) is 68.8 Å². The molecule has 2 rings (SSSR count). The van der Waals surface area contributed by atoms with Crippen LogP contribution >= 0.6 is 23.2 Å². The van der Waals surface area contributed by atoms with E-state index < -0.39 is 0 Å². The van der Waals surface area contributed by atoms with Crippen molar-refractivity contribution in [2.75, 3.05) is 33.2 Å². The molecular formula is C18H20Cl2N2O4. The molecule has 8 heteroatoms. The zero-order valence-corrected chi connectivity index (χ0v) is 16.2. The maximum absolute atomic E-state index is 12.0. The van der Waals surface area contributed by atoms with Crippen molar-refractivity contribution in [3.8, 4) is 17.2 Å². The Kier molecular flexibility index (Phi) is 7.24. The summed E-state index contributed by atoms with van der Waals surface area (Å²) in [5.41, 5.74) is 1.33. The van der Waals surface area contributed by atoms with Crippen LogP contribution in [0.15, 0.2) is 30.3 Å². The van der Waals surface area contributed by atoms with E-state index in [0.29, 0.717) is 45.9 Å². The normalized spacial score (nSPS) is 10.2.